The predicted molar refractivity (Wildman–Crippen MR) is 126 cm³/mol. The minimum atomic E-state index is -4.90. The van der Waals surface area contributed by atoms with Gasteiger partial charge in [0.25, 0.3) is 0 Å². The van der Waals surface area contributed by atoms with Crippen molar-refractivity contribution in [3.05, 3.63) is 40.9 Å². The number of nitrogens with one attached hydrogen (secondary N) is 2. The van der Waals surface area contributed by atoms with Crippen molar-refractivity contribution >= 4 is 45.8 Å². The van der Waals surface area contributed by atoms with Gasteiger partial charge in [-0.1, -0.05) is 6.07 Å². The number of anilines is 2. The number of nitrogens with zero attached hydrogens (tertiary/aromatic N) is 2. The number of amides is 3. The summed E-state index contributed by atoms with van der Waals surface area (Å²) in [4.78, 5) is 55.6. The van der Waals surface area contributed by atoms with Gasteiger partial charge >= 0.3 is 12.3 Å². The van der Waals surface area contributed by atoms with Gasteiger partial charge in [-0.3, -0.25) is 19.3 Å². The van der Waals surface area contributed by atoms with Crippen LogP contribution in [0.4, 0.5) is 28.8 Å². The van der Waals surface area contributed by atoms with Crippen molar-refractivity contribution in [1.82, 2.24) is 9.88 Å². The Morgan fingerprint density at radius 1 is 1.17 bits per heavy atom. The molecule has 2 aromatic rings. The van der Waals surface area contributed by atoms with E-state index in [9.17, 15) is 32.3 Å². The van der Waals surface area contributed by atoms with E-state index in [4.69, 9.17) is 4.74 Å². The average Bonchev–Trinajstić information content (AvgIpc) is 3.43. The standard InChI is InChI=1S/C23H25F3N4O5S/c1-22(2,3)35-21(34)30-10-5-8-15(30)19(33)29-18-13(6-4-7-14(18)23(24,25)26)16(31)12-17(32)28-20-27-9-11-36-20/h4,6-7,9,11,15H,5,8,10,12H2,1-3H3,(H,29,33)(H,27,28,32)/t15-/m0/s1. The number of carbonyl (C=O) groups is 4. The highest BCUT2D eigenvalue weighted by Crippen LogP contribution is 2.37. The highest BCUT2D eigenvalue weighted by atomic mass is 32.1. The summed E-state index contributed by atoms with van der Waals surface area (Å²) in [5, 5.41) is 6.42. The molecule has 0 bridgehead atoms. The Bertz CT molecular complexity index is 1150. The Morgan fingerprint density at radius 2 is 1.89 bits per heavy atom. The van der Waals surface area contributed by atoms with Crippen molar-refractivity contribution in [2.24, 2.45) is 0 Å². The van der Waals surface area contributed by atoms with Crippen LogP contribution in [0, 0.1) is 0 Å². The third-order valence-electron chi connectivity index (χ3n) is 5.10. The van der Waals surface area contributed by atoms with Crippen LogP contribution in [0.3, 0.4) is 0 Å². The Kier molecular flexibility index (Phi) is 8.02. The smallest absolute Gasteiger partial charge is 0.418 e. The molecule has 1 aromatic carbocycles. The lowest BCUT2D eigenvalue weighted by Gasteiger charge is -2.28. The third-order valence-corrected chi connectivity index (χ3v) is 5.79. The first-order valence-electron chi connectivity index (χ1n) is 11.0. The number of benzene rings is 1. The summed E-state index contributed by atoms with van der Waals surface area (Å²) in [6, 6.07) is 1.76. The van der Waals surface area contributed by atoms with Crippen molar-refractivity contribution in [3.63, 3.8) is 0 Å². The summed E-state index contributed by atoms with van der Waals surface area (Å²) in [7, 11) is 0. The van der Waals surface area contributed by atoms with E-state index in [-0.39, 0.29) is 18.1 Å². The molecule has 1 saturated heterocycles. The number of aromatic nitrogens is 1. The lowest BCUT2D eigenvalue weighted by Crippen LogP contribution is -2.45. The van der Waals surface area contributed by atoms with Crippen LogP contribution in [0.5, 0.6) is 0 Å². The van der Waals surface area contributed by atoms with Crippen molar-refractivity contribution in [1.29, 1.82) is 0 Å². The van der Waals surface area contributed by atoms with Gasteiger partial charge in [0.2, 0.25) is 11.8 Å². The largest absolute Gasteiger partial charge is 0.444 e. The number of hydrogen-bond donors (Lipinski definition) is 2. The molecule has 1 atom stereocenters. The van der Waals surface area contributed by atoms with E-state index < -0.39 is 64.7 Å². The minimum absolute atomic E-state index is 0.191. The van der Waals surface area contributed by atoms with Crippen LogP contribution in [0.25, 0.3) is 0 Å². The normalized spacial score (nSPS) is 15.9. The molecule has 2 N–H and O–H groups in total. The van der Waals surface area contributed by atoms with Crippen molar-refractivity contribution in [2.45, 2.75) is 57.9 Å². The van der Waals surface area contributed by atoms with Crippen LogP contribution < -0.4 is 10.6 Å². The third kappa shape index (κ3) is 6.80. The summed E-state index contributed by atoms with van der Waals surface area (Å²) >= 11 is 1.11. The fourth-order valence-electron chi connectivity index (χ4n) is 3.63. The lowest BCUT2D eigenvalue weighted by atomic mass is 10.0. The first-order chi connectivity index (χ1) is 16.8. The number of ketones is 1. The molecule has 36 heavy (non-hydrogen) atoms. The second-order valence-corrected chi connectivity index (χ2v) is 9.93. The molecule has 1 aliphatic rings. The number of thiazole rings is 1. The summed E-state index contributed by atoms with van der Waals surface area (Å²) in [5.74, 6) is -2.59. The zero-order chi connectivity index (χ0) is 26.7. The number of alkyl halides is 3. The molecule has 1 fully saturated rings. The molecule has 3 amide bonds. The molecular weight excluding hydrogens is 501 g/mol. The van der Waals surface area contributed by atoms with Gasteiger partial charge < -0.3 is 15.4 Å². The lowest BCUT2D eigenvalue weighted by molar-refractivity contribution is -0.137. The van der Waals surface area contributed by atoms with E-state index in [0.29, 0.717) is 6.42 Å². The maximum Gasteiger partial charge on any atom is 0.418 e. The number of hydrogen-bond acceptors (Lipinski definition) is 7. The van der Waals surface area contributed by atoms with Gasteiger partial charge in [-0.2, -0.15) is 13.2 Å². The first-order valence-corrected chi connectivity index (χ1v) is 11.9. The first kappa shape index (κ1) is 27.1. The van der Waals surface area contributed by atoms with E-state index in [2.05, 4.69) is 15.6 Å². The summed E-state index contributed by atoms with van der Waals surface area (Å²) in [6.07, 6.45) is -4.34. The molecule has 1 aromatic heterocycles. The van der Waals surface area contributed by atoms with Crippen LogP contribution >= 0.6 is 11.3 Å². The van der Waals surface area contributed by atoms with Crippen LogP contribution in [-0.2, 0) is 20.5 Å². The summed E-state index contributed by atoms with van der Waals surface area (Å²) in [6.45, 7) is 5.14. The monoisotopic (exact) mass is 526 g/mol. The van der Waals surface area contributed by atoms with Gasteiger partial charge in [0.05, 0.1) is 17.7 Å². The fourth-order valence-corrected chi connectivity index (χ4v) is 4.18. The fraction of sp³-hybridized carbons (Fsp3) is 0.435. The molecular formula is C23H25F3N4O5S. The van der Waals surface area contributed by atoms with Crippen molar-refractivity contribution in [2.75, 3.05) is 17.2 Å². The van der Waals surface area contributed by atoms with Crippen molar-refractivity contribution < 1.29 is 37.1 Å². The predicted octanol–water partition coefficient (Wildman–Crippen LogP) is 4.71. The van der Waals surface area contributed by atoms with E-state index >= 15 is 0 Å². The van der Waals surface area contributed by atoms with Crippen LogP contribution in [0.15, 0.2) is 29.8 Å². The van der Waals surface area contributed by atoms with Gasteiger partial charge in [0.1, 0.15) is 11.6 Å². The molecule has 3 rings (SSSR count). The summed E-state index contributed by atoms with van der Waals surface area (Å²) in [5.41, 5.74) is -3.32. The Labute approximate surface area is 209 Å². The molecule has 0 radical (unpaired) electrons. The maximum absolute atomic E-state index is 13.8. The molecule has 0 aliphatic carbocycles. The average molecular weight is 527 g/mol. The van der Waals surface area contributed by atoms with Crippen LogP contribution in [0.2, 0.25) is 0 Å². The van der Waals surface area contributed by atoms with E-state index in [1.165, 1.54) is 6.20 Å². The Morgan fingerprint density at radius 3 is 2.50 bits per heavy atom. The van der Waals surface area contributed by atoms with Gasteiger partial charge in [-0.25, -0.2) is 9.78 Å². The summed E-state index contributed by atoms with van der Waals surface area (Å²) < 4.78 is 46.7. The quantitative estimate of drug-likeness (QED) is 0.416. The molecule has 0 unspecified atom stereocenters. The van der Waals surface area contributed by atoms with Crippen molar-refractivity contribution in [3.8, 4) is 0 Å². The Hall–Kier alpha value is -3.48. The molecule has 194 valence electrons. The maximum atomic E-state index is 13.8. The number of rotatable bonds is 6. The number of carbonyl (C=O) groups excluding carboxylic acids is 4. The highest BCUT2D eigenvalue weighted by Gasteiger charge is 2.40. The number of likely N-dealkylation sites (tertiary alicyclic amines) is 1. The van der Waals surface area contributed by atoms with Gasteiger partial charge in [0, 0.05) is 23.7 Å². The number of para-hydroxylation sites is 1. The number of Topliss-reactive ketones (excluding diaryl/α,β-unsaturated/α-hetero) is 1. The molecule has 0 spiro atoms. The second kappa shape index (κ2) is 10.6. The molecule has 13 heteroatoms. The zero-order valence-electron chi connectivity index (χ0n) is 19.8. The van der Waals surface area contributed by atoms with Gasteiger partial charge in [0.15, 0.2) is 10.9 Å². The molecule has 2 heterocycles. The highest BCUT2D eigenvalue weighted by molar-refractivity contribution is 7.13. The van der Waals surface area contributed by atoms with Gasteiger partial charge in [-0.15, -0.1) is 11.3 Å². The minimum Gasteiger partial charge on any atom is -0.444 e. The topological polar surface area (TPSA) is 118 Å². The Balaban J connectivity index is 1.85. The second-order valence-electron chi connectivity index (χ2n) is 9.03. The molecule has 9 nitrogen and oxygen atoms in total. The van der Waals surface area contributed by atoms with Gasteiger partial charge in [-0.05, 0) is 45.7 Å². The van der Waals surface area contributed by atoms with E-state index in [1.54, 1.807) is 26.2 Å². The molecule has 0 saturated carbocycles. The zero-order valence-corrected chi connectivity index (χ0v) is 20.6. The SMILES string of the molecule is CC(C)(C)OC(=O)N1CCC[C@H]1C(=O)Nc1c(C(=O)CC(=O)Nc2nccs2)cccc1C(F)(F)F. The van der Waals surface area contributed by atoms with Crippen LogP contribution in [-0.4, -0.2) is 51.8 Å². The number of ether oxygens (including phenoxy) is 1. The van der Waals surface area contributed by atoms with Crippen LogP contribution in [0.1, 0.15) is 56.0 Å². The van der Waals surface area contributed by atoms with E-state index in [1.807, 2.05) is 0 Å². The number of halogens is 3. The van der Waals surface area contributed by atoms with E-state index in [0.717, 1.165) is 34.4 Å². The molecule has 1 aliphatic heterocycles.